The van der Waals surface area contributed by atoms with Gasteiger partial charge in [0.15, 0.2) is 6.10 Å². The van der Waals surface area contributed by atoms with E-state index in [4.69, 9.17) is 18.5 Å². The minimum absolute atomic E-state index is 0.0212. The fraction of sp³-hybridized carbons (Fsp3) is 0.773. The maximum absolute atomic E-state index is 12.6. The standard InChI is InChI=1S/C44H80NO8P/c1-6-8-10-12-14-16-18-20-21-22-23-25-27-29-31-33-35-37-44(47)53-42(41-52-54(48,49)51-39-38-45(3,4)5)40-50-43(46)36-34-32-30-28-26-24-19-17-15-13-11-9-7-2/h14,16,20-21,23,25,29,31,42H,6-13,15,17-19,22,24,26-28,30,32-41H2,1-5H3/p+1/b16-14+,21-20+,25-23+,31-29+/t42-/m1/s1. The molecule has 0 saturated heterocycles. The average Bonchev–Trinajstić information content (AvgIpc) is 3.12. The summed E-state index contributed by atoms with van der Waals surface area (Å²) in [7, 11) is 1.44. The van der Waals surface area contributed by atoms with E-state index >= 15 is 0 Å². The summed E-state index contributed by atoms with van der Waals surface area (Å²) in [5.74, 6) is -0.864. The van der Waals surface area contributed by atoms with Gasteiger partial charge in [-0.1, -0.05) is 152 Å². The predicted octanol–water partition coefficient (Wildman–Crippen LogP) is 11.9. The fourth-order valence-electron chi connectivity index (χ4n) is 5.48. The van der Waals surface area contributed by atoms with Crippen molar-refractivity contribution in [1.29, 1.82) is 0 Å². The van der Waals surface area contributed by atoms with E-state index in [0.717, 1.165) is 38.5 Å². The van der Waals surface area contributed by atoms with Crippen LogP contribution in [0.5, 0.6) is 0 Å². The van der Waals surface area contributed by atoms with Crippen molar-refractivity contribution >= 4 is 19.8 Å². The lowest BCUT2D eigenvalue weighted by molar-refractivity contribution is -0.870. The molecule has 0 spiro atoms. The number of carbonyl (C=O) groups excluding carboxylic acids is 2. The monoisotopic (exact) mass is 783 g/mol. The van der Waals surface area contributed by atoms with Gasteiger partial charge in [-0.3, -0.25) is 18.6 Å². The quantitative estimate of drug-likeness (QED) is 0.0217. The lowest BCUT2D eigenvalue weighted by atomic mass is 10.0. The highest BCUT2D eigenvalue weighted by Gasteiger charge is 2.27. The summed E-state index contributed by atoms with van der Waals surface area (Å²) in [5.41, 5.74) is 0. The Hall–Kier alpha value is -2.03. The Labute approximate surface area is 331 Å². The van der Waals surface area contributed by atoms with Crippen LogP contribution < -0.4 is 0 Å². The zero-order chi connectivity index (χ0) is 40.0. The number of quaternary nitrogens is 1. The van der Waals surface area contributed by atoms with Crippen molar-refractivity contribution in [2.75, 3.05) is 47.5 Å². The van der Waals surface area contributed by atoms with Crippen molar-refractivity contribution in [1.82, 2.24) is 0 Å². The van der Waals surface area contributed by atoms with Crippen LogP contribution >= 0.6 is 7.82 Å². The zero-order valence-corrected chi connectivity index (χ0v) is 36.1. The number of phosphoric ester groups is 1. The second kappa shape index (κ2) is 36.6. The van der Waals surface area contributed by atoms with Crippen LogP contribution in [0, 0.1) is 0 Å². The first kappa shape index (κ1) is 52.0. The lowest BCUT2D eigenvalue weighted by Crippen LogP contribution is -2.37. The number of carbonyl (C=O) groups is 2. The summed E-state index contributed by atoms with van der Waals surface area (Å²) in [6, 6.07) is 0. The van der Waals surface area contributed by atoms with Crippen LogP contribution in [0.2, 0.25) is 0 Å². The highest BCUT2D eigenvalue weighted by molar-refractivity contribution is 7.47. The van der Waals surface area contributed by atoms with Crippen LogP contribution in [-0.4, -0.2) is 74.9 Å². The van der Waals surface area contributed by atoms with Gasteiger partial charge in [0.05, 0.1) is 27.7 Å². The van der Waals surface area contributed by atoms with E-state index in [0.29, 0.717) is 23.9 Å². The fourth-order valence-corrected chi connectivity index (χ4v) is 6.22. The van der Waals surface area contributed by atoms with Crippen molar-refractivity contribution in [2.24, 2.45) is 0 Å². The maximum atomic E-state index is 12.6. The van der Waals surface area contributed by atoms with Crippen molar-refractivity contribution < 1.29 is 42.1 Å². The molecule has 0 aromatic rings. The zero-order valence-electron chi connectivity index (χ0n) is 35.2. The van der Waals surface area contributed by atoms with Crippen molar-refractivity contribution in [3.8, 4) is 0 Å². The normalized spacial score (nSPS) is 14.1. The molecule has 0 bridgehead atoms. The summed E-state index contributed by atoms with van der Waals surface area (Å²) in [5, 5.41) is 0. The number of unbranched alkanes of at least 4 members (excludes halogenated alkanes) is 16. The van der Waals surface area contributed by atoms with Gasteiger partial charge < -0.3 is 18.9 Å². The van der Waals surface area contributed by atoms with E-state index in [1.54, 1.807) is 0 Å². The summed E-state index contributed by atoms with van der Waals surface area (Å²) in [4.78, 5) is 35.3. The Morgan fingerprint density at radius 2 is 1.02 bits per heavy atom. The molecule has 0 fully saturated rings. The van der Waals surface area contributed by atoms with Gasteiger partial charge in [0.1, 0.15) is 19.8 Å². The Morgan fingerprint density at radius 3 is 1.54 bits per heavy atom. The number of hydrogen-bond donors (Lipinski definition) is 1. The van der Waals surface area contributed by atoms with E-state index in [1.165, 1.54) is 89.9 Å². The largest absolute Gasteiger partial charge is 0.472 e. The Kier molecular flexibility index (Phi) is 35.2. The molecule has 1 unspecified atom stereocenters. The molecular formula is C44H81NO8P+. The summed E-state index contributed by atoms with van der Waals surface area (Å²) in [6.45, 7) is 4.32. The Bertz CT molecular complexity index is 1070. The molecule has 0 aliphatic heterocycles. The first-order chi connectivity index (χ1) is 26.0. The van der Waals surface area contributed by atoms with Gasteiger partial charge in [0.2, 0.25) is 0 Å². The third kappa shape index (κ3) is 39.7. The summed E-state index contributed by atoms with van der Waals surface area (Å²) in [6.07, 6.45) is 41.6. The topological polar surface area (TPSA) is 108 Å². The Morgan fingerprint density at radius 1 is 0.574 bits per heavy atom. The van der Waals surface area contributed by atoms with Crippen molar-refractivity contribution in [2.45, 2.75) is 174 Å². The van der Waals surface area contributed by atoms with Crippen molar-refractivity contribution in [3.05, 3.63) is 48.6 Å². The molecule has 0 saturated carbocycles. The molecule has 0 heterocycles. The molecule has 0 aromatic carbocycles. The third-order valence-electron chi connectivity index (χ3n) is 8.86. The number of esters is 2. The summed E-state index contributed by atoms with van der Waals surface area (Å²) >= 11 is 0. The maximum Gasteiger partial charge on any atom is 0.472 e. The highest BCUT2D eigenvalue weighted by Crippen LogP contribution is 2.43. The molecule has 54 heavy (non-hydrogen) atoms. The van der Waals surface area contributed by atoms with Crippen molar-refractivity contribution in [3.63, 3.8) is 0 Å². The molecule has 0 aliphatic rings. The minimum Gasteiger partial charge on any atom is -0.462 e. The van der Waals surface area contributed by atoms with E-state index in [2.05, 4.69) is 56.4 Å². The average molecular weight is 783 g/mol. The molecular weight excluding hydrogens is 701 g/mol. The van der Waals surface area contributed by atoms with Gasteiger partial charge in [-0.25, -0.2) is 4.57 Å². The minimum atomic E-state index is -4.39. The van der Waals surface area contributed by atoms with Crippen LogP contribution in [-0.2, 0) is 32.7 Å². The van der Waals surface area contributed by atoms with Gasteiger partial charge in [0, 0.05) is 12.8 Å². The molecule has 10 heteroatoms. The van der Waals surface area contributed by atoms with Gasteiger partial charge >= 0.3 is 19.8 Å². The molecule has 0 radical (unpaired) electrons. The molecule has 0 aromatic heterocycles. The van der Waals surface area contributed by atoms with Gasteiger partial charge in [-0.2, -0.15) is 0 Å². The number of ether oxygens (including phenoxy) is 2. The van der Waals surface area contributed by atoms with Crippen LogP contribution in [0.25, 0.3) is 0 Å². The number of nitrogens with zero attached hydrogens (tertiary/aromatic N) is 1. The second-order valence-corrected chi connectivity index (χ2v) is 16.8. The molecule has 0 amide bonds. The van der Waals surface area contributed by atoms with Gasteiger partial charge in [-0.05, 0) is 51.4 Å². The molecule has 9 nitrogen and oxygen atoms in total. The molecule has 0 rings (SSSR count). The van der Waals surface area contributed by atoms with Crippen LogP contribution in [0.1, 0.15) is 168 Å². The number of phosphoric acid groups is 1. The predicted molar refractivity (Wildman–Crippen MR) is 224 cm³/mol. The van der Waals surface area contributed by atoms with E-state index in [-0.39, 0.29) is 32.0 Å². The number of rotatable bonds is 38. The van der Waals surface area contributed by atoms with Crippen LogP contribution in [0.15, 0.2) is 48.6 Å². The van der Waals surface area contributed by atoms with Crippen LogP contribution in [0.3, 0.4) is 0 Å². The number of allylic oxidation sites excluding steroid dienone is 8. The molecule has 0 aliphatic carbocycles. The van der Waals surface area contributed by atoms with Crippen LogP contribution in [0.4, 0.5) is 0 Å². The molecule has 1 N–H and O–H groups in total. The second-order valence-electron chi connectivity index (χ2n) is 15.4. The van der Waals surface area contributed by atoms with Gasteiger partial charge in [0.25, 0.3) is 0 Å². The number of hydrogen-bond acceptors (Lipinski definition) is 7. The molecule has 2 atom stereocenters. The first-order valence-electron chi connectivity index (χ1n) is 21.4. The van der Waals surface area contributed by atoms with E-state index in [1.807, 2.05) is 27.2 Å². The SMILES string of the molecule is CCCCC/C=C/C/C=C/C/C=C/C/C=C/CCCC(=O)O[C@H](COC(=O)CCCCCCCCCCCCCCC)COP(=O)(O)OCC[N+](C)(C)C. The van der Waals surface area contributed by atoms with Gasteiger partial charge in [-0.15, -0.1) is 0 Å². The number of likely N-dealkylation sites (N-methyl/N-ethyl adjacent to an activating group) is 1. The lowest BCUT2D eigenvalue weighted by Gasteiger charge is -2.24. The van der Waals surface area contributed by atoms with E-state index < -0.39 is 26.5 Å². The summed E-state index contributed by atoms with van der Waals surface area (Å²) < 4.78 is 34.2. The smallest absolute Gasteiger partial charge is 0.462 e. The van der Waals surface area contributed by atoms with E-state index in [9.17, 15) is 19.0 Å². The third-order valence-corrected chi connectivity index (χ3v) is 9.85. The first-order valence-corrected chi connectivity index (χ1v) is 22.9. The highest BCUT2D eigenvalue weighted by atomic mass is 31.2. The Balaban J connectivity index is 4.49. The molecule has 314 valence electrons.